The van der Waals surface area contributed by atoms with E-state index in [0.717, 1.165) is 25.7 Å². The van der Waals surface area contributed by atoms with Crippen LogP contribution in [0, 0.1) is 5.41 Å². The maximum absolute atomic E-state index is 12.2. The summed E-state index contributed by atoms with van der Waals surface area (Å²) >= 11 is 0. The van der Waals surface area contributed by atoms with Gasteiger partial charge in [0.2, 0.25) is 17.7 Å². The van der Waals surface area contributed by atoms with Gasteiger partial charge in [-0.2, -0.15) is 0 Å². The number of imide groups is 1. The van der Waals surface area contributed by atoms with E-state index in [1.54, 1.807) is 0 Å². The van der Waals surface area contributed by atoms with Crippen molar-refractivity contribution in [2.75, 3.05) is 6.54 Å². The molecule has 2 fully saturated rings. The van der Waals surface area contributed by atoms with Crippen LogP contribution in [0.15, 0.2) is 0 Å². The van der Waals surface area contributed by atoms with Gasteiger partial charge in [-0.1, -0.05) is 19.3 Å². The van der Waals surface area contributed by atoms with Crippen LogP contribution in [0.5, 0.6) is 0 Å². The molecule has 120 valence electrons. The summed E-state index contributed by atoms with van der Waals surface area (Å²) in [5.41, 5.74) is 10.8. The molecule has 3 amide bonds. The summed E-state index contributed by atoms with van der Waals surface area (Å²) in [4.78, 5) is 36.3. The smallest absolute Gasteiger partial charge is 0.246 e. The summed E-state index contributed by atoms with van der Waals surface area (Å²) < 4.78 is 0. The van der Waals surface area contributed by atoms with Gasteiger partial charge in [0.15, 0.2) is 0 Å². The van der Waals surface area contributed by atoms with E-state index in [1.807, 2.05) is 0 Å². The van der Waals surface area contributed by atoms with Crippen molar-refractivity contribution in [2.24, 2.45) is 16.9 Å². The summed E-state index contributed by atoms with van der Waals surface area (Å²) in [6, 6.07) is -0.815. The number of nitrogens with two attached hydrogens (primary N) is 2. The van der Waals surface area contributed by atoms with Crippen molar-refractivity contribution in [2.45, 2.75) is 57.4 Å². The molecule has 2 rings (SSSR count). The quantitative estimate of drug-likeness (QED) is 0.796. The molecule has 0 unspecified atom stereocenters. The largest absolute Gasteiger partial charge is 0.370 e. The standard InChI is InChI=1S/C14H23N3O3.ClH/c15-10(4-5-11(16)18)13(20)17-9-14(8-12(17)19)6-2-1-3-7-14;/h10H,1-9,15H2,(H2,16,18);1H/t10-;/m0./s1. The van der Waals surface area contributed by atoms with Crippen LogP contribution < -0.4 is 11.5 Å². The van der Waals surface area contributed by atoms with Crippen LogP contribution in [-0.2, 0) is 14.4 Å². The zero-order valence-corrected chi connectivity index (χ0v) is 13.0. The number of nitrogens with zero attached hydrogens (tertiary/aromatic N) is 1. The normalized spacial score (nSPS) is 22.0. The minimum absolute atomic E-state index is 0. The number of hydrogen-bond acceptors (Lipinski definition) is 4. The fourth-order valence-electron chi connectivity index (χ4n) is 3.35. The van der Waals surface area contributed by atoms with Crippen molar-refractivity contribution in [3.8, 4) is 0 Å². The van der Waals surface area contributed by atoms with Crippen molar-refractivity contribution in [1.29, 1.82) is 0 Å². The Kier molecular flexibility index (Phi) is 6.16. The molecule has 1 saturated carbocycles. The lowest BCUT2D eigenvalue weighted by Crippen LogP contribution is -2.45. The van der Waals surface area contributed by atoms with Crippen molar-refractivity contribution < 1.29 is 14.4 Å². The van der Waals surface area contributed by atoms with Crippen LogP contribution in [0.25, 0.3) is 0 Å². The fourth-order valence-corrected chi connectivity index (χ4v) is 3.35. The average molecular weight is 318 g/mol. The van der Waals surface area contributed by atoms with E-state index in [1.165, 1.54) is 11.3 Å². The fraction of sp³-hybridized carbons (Fsp3) is 0.786. The molecule has 1 aliphatic carbocycles. The maximum Gasteiger partial charge on any atom is 0.246 e. The first-order valence-corrected chi connectivity index (χ1v) is 7.32. The third kappa shape index (κ3) is 4.17. The van der Waals surface area contributed by atoms with E-state index in [9.17, 15) is 14.4 Å². The number of amides is 3. The molecule has 2 aliphatic rings. The number of likely N-dealkylation sites (tertiary alicyclic amines) is 1. The molecular formula is C14H24ClN3O3. The summed E-state index contributed by atoms with van der Waals surface area (Å²) in [7, 11) is 0. The minimum atomic E-state index is -0.815. The lowest BCUT2D eigenvalue weighted by Gasteiger charge is -2.32. The van der Waals surface area contributed by atoms with Crippen molar-refractivity contribution in [1.82, 2.24) is 4.90 Å². The number of halogens is 1. The van der Waals surface area contributed by atoms with Gasteiger partial charge < -0.3 is 11.5 Å². The van der Waals surface area contributed by atoms with E-state index >= 15 is 0 Å². The first-order valence-electron chi connectivity index (χ1n) is 7.32. The molecule has 21 heavy (non-hydrogen) atoms. The molecule has 1 aliphatic heterocycles. The van der Waals surface area contributed by atoms with Gasteiger partial charge in [0.05, 0.1) is 6.04 Å². The van der Waals surface area contributed by atoms with Crippen LogP contribution in [0.1, 0.15) is 51.4 Å². The third-order valence-electron chi connectivity index (χ3n) is 4.52. The molecule has 1 heterocycles. The molecule has 0 bridgehead atoms. The van der Waals surface area contributed by atoms with Gasteiger partial charge in [-0.15, -0.1) is 12.4 Å². The highest BCUT2D eigenvalue weighted by molar-refractivity contribution is 5.99. The predicted molar refractivity (Wildman–Crippen MR) is 80.5 cm³/mol. The summed E-state index contributed by atoms with van der Waals surface area (Å²) in [6.07, 6.45) is 6.22. The second-order valence-electron chi connectivity index (χ2n) is 6.17. The van der Waals surface area contributed by atoms with Gasteiger partial charge in [0.1, 0.15) is 0 Å². The first kappa shape index (κ1) is 17.9. The topological polar surface area (TPSA) is 106 Å². The number of carbonyl (C=O) groups is 3. The highest BCUT2D eigenvalue weighted by Gasteiger charge is 2.46. The second-order valence-corrected chi connectivity index (χ2v) is 6.17. The predicted octanol–water partition coefficient (Wildman–Crippen LogP) is 0.710. The molecular weight excluding hydrogens is 294 g/mol. The monoisotopic (exact) mass is 317 g/mol. The molecule has 0 aromatic carbocycles. The van der Waals surface area contributed by atoms with Gasteiger partial charge in [-0.3, -0.25) is 19.3 Å². The molecule has 0 radical (unpaired) electrons. The molecule has 6 nitrogen and oxygen atoms in total. The molecule has 1 spiro atoms. The highest BCUT2D eigenvalue weighted by atomic mass is 35.5. The lowest BCUT2D eigenvalue weighted by atomic mass is 9.73. The summed E-state index contributed by atoms with van der Waals surface area (Å²) in [6.45, 7) is 0.495. The SMILES string of the molecule is Cl.NC(=O)CC[C@H](N)C(=O)N1CC2(CCCCC2)CC1=O. The van der Waals surface area contributed by atoms with E-state index in [0.29, 0.717) is 13.0 Å². The Labute approximate surface area is 131 Å². The Morgan fingerprint density at radius 1 is 1.24 bits per heavy atom. The molecule has 0 aromatic rings. The molecule has 1 saturated heterocycles. The third-order valence-corrected chi connectivity index (χ3v) is 4.52. The Balaban J connectivity index is 0.00000220. The van der Waals surface area contributed by atoms with Crippen molar-refractivity contribution in [3.05, 3.63) is 0 Å². The Morgan fingerprint density at radius 2 is 1.86 bits per heavy atom. The van der Waals surface area contributed by atoms with Crippen molar-refractivity contribution >= 4 is 30.1 Å². The van der Waals surface area contributed by atoms with Crippen molar-refractivity contribution in [3.63, 3.8) is 0 Å². The molecule has 0 aromatic heterocycles. The van der Waals surface area contributed by atoms with Gasteiger partial charge in [0, 0.05) is 19.4 Å². The second kappa shape index (κ2) is 7.22. The van der Waals surface area contributed by atoms with E-state index in [-0.39, 0.29) is 42.5 Å². The number of hydrogen-bond donors (Lipinski definition) is 2. The number of primary amides is 1. The zero-order valence-electron chi connectivity index (χ0n) is 12.2. The minimum Gasteiger partial charge on any atom is -0.370 e. The van der Waals surface area contributed by atoms with Gasteiger partial charge >= 0.3 is 0 Å². The first-order chi connectivity index (χ1) is 9.43. The number of rotatable bonds is 4. The van der Waals surface area contributed by atoms with Gasteiger partial charge in [-0.25, -0.2) is 0 Å². The van der Waals surface area contributed by atoms with Crippen LogP contribution in [0.4, 0.5) is 0 Å². The number of carbonyl (C=O) groups excluding carboxylic acids is 3. The van der Waals surface area contributed by atoms with Crippen LogP contribution in [0.2, 0.25) is 0 Å². The van der Waals surface area contributed by atoms with Crippen LogP contribution in [0.3, 0.4) is 0 Å². The molecule has 1 atom stereocenters. The summed E-state index contributed by atoms with van der Waals surface area (Å²) in [5, 5.41) is 0. The van der Waals surface area contributed by atoms with E-state index in [2.05, 4.69) is 0 Å². The Morgan fingerprint density at radius 3 is 2.43 bits per heavy atom. The maximum atomic E-state index is 12.2. The van der Waals surface area contributed by atoms with Gasteiger partial charge in [0.25, 0.3) is 0 Å². The Hall–Kier alpha value is -1.14. The highest BCUT2D eigenvalue weighted by Crippen LogP contribution is 2.44. The zero-order chi connectivity index (χ0) is 14.8. The van der Waals surface area contributed by atoms with E-state index < -0.39 is 11.9 Å². The van der Waals surface area contributed by atoms with E-state index in [4.69, 9.17) is 11.5 Å². The average Bonchev–Trinajstić information content (AvgIpc) is 2.72. The molecule has 7 heteroatoms. The van der Waals surface area contributed by atoms with Crippen LogP contribution in [-0.4, -0.2) is 35.2 Å². The Bertz CT molecular complexity index is 422. The molecule has 4 N–H and O–H groups in total. The van der Waals surface area contributed by atoms with Gasteiger partial charge in [-0.05, 0) is 24.7 Å². The lowest BCUT2D eigenvalue weighted by molar-refractivity contribution is -0.142. The van der Waals surface area contributed by atoms with Crippen LogP contribution >= 0.6 is 12.4 Å². The summed E-state index contributed by atoms with van der Waals surface area (Å²) in [5.74, 6) is -0.963.